The van der Waals surface area contributed by atoms with Crippen molar-refractivity contribution in [3.8, 4) is 0 Å². The number of benzene rings is 2. The molecule has 0 amide bonds. The molecule has 0 saturated heterocycles. The molecular formula is C15H13ClN2O3S. The van der Waals surface area contributed by atoms with Crippen molar-refractivity contribution in [3.05, 3.63) is 59.1 Å². The lowest BCUT2D eigenvalue weighted by atomic mass is 10.1. The van der Waals surface area contributed by atoms with E-state index in [9.17, 15) is 13.5 Å². The van der Waals surface area contributed by atoms with E-state index in [1.54, 1.807) is 48.5 Å². The Morgan fingerprint density at radius 2 is 1.82 bits per heavy atom. The summed E-state index contributed by atoms with van der Waals surface area (Å²) in [5.41, 5.74) is 1.70. The van der Waals surface area contributed by atoms with Crippen LogP contribution in [0.4, 0.5) is 0 Å². The van der Waals surface area contributed by atoms with E-state index < -0.39 is 21.7 Å². The second kappa shape index (κ2) is 5.72. The first-order chi connectivity index (χ1) is 10.5. The fourth-order valence-electron chi connectivity index (χ4n) is 2.14. The van der Waals surface area contributed by atoms with E-state index >= 15 is 0 Å². The number of halogens is 1. The largest absolute Gasteiger partial charge is 0.387 e. The van der Waals surface area contributed by atoms with Gasteiger partial charge in [-0.15, -0.1) is 0 Å². The van der Waals surface area contributed by atoms with Crippen molar-refractivity contribution in [1.82, 2.24) is 9.97 Å². The van der Waals surface area contributed by atoms with Crippen molar-refractivity contribution in [3.63, 3.8) is 0 Å². The number of imidazole rings is 1. The second-order valence-electron chi connectivity index (χ2n) is 4.91. The third-order valence-electron chi connectivity index (χ3n) is 3.29. The first-order valence-corrected chi connectivity index (χ1v) is 8.60. The Labute approximate surface area is 132 Å². The van der Waals surface area contributed by atoms with Crippen LogP contribution in [0.1, 0.15) is 11.7 Å². The maximum atomic E-state index is 12.4. The molecule has 0 aliphatic rings. The minimum atomic E-state index is -3.73. The van der Waals surface area contributed by atoms with Crippen LogP contribution in [0.25, 0.3) is 11.0 Å². The SMILES string of the molecule is O=S(=O)(CC(O)c1ccc(Cl)cc1)c1nc2ccccc2[nH]1. The fourth-order valence-corrected chi connectivity index (χ4v) is 3.54. The number of rotatable bonds is 4. The van der Waals surface area contributed by atoms with Crippen LogP contribution < -0.4 is 0 Å². The van der Waals surface area contributed by atoms with Crippen molar-refractivity contribution in [1.29, 1.82) is 0 Å². The first kappa shape index (κ1) is 15.0. The molecule has 0 bridgehead atoms. The number of sulfone groups is 1. The maximum Gasteiger partial charge on any atom is 0.226 e. The minimum Gasteiger partial charge on any atom is -0.387 e. The molecule has 0 aliphatic heterocycles. The molecule has 7 heteroatoms. The quantitative estimate of drug-likeness (QED) is 0.767. The van der Waals surface area contributed by atoms with Crippen LogP contribution in [-0.4, -0.2) is 29.2 Å². The Hall–Kier alpha value is -1.89. The van der Waals surface area contributed by atoms with Gasteiger partial charge in [0.25, 0.3) is 0 Å². The van der Waals surface area contributed by atoms with Gasteiger partial charge in [-0.05, 0) is 29.8 Å². The average molecular weight is 337 g/mol. The van der Waals surface area contributed by atoms with Gasteiger partial charge < -0.3 is 10.1 Å². The van der Waals surface area contributed by atoms with Crippen LogP contribution in [0.5, 0.6) is 0 Å². The van der Waals surface area contributed by atoms with Crippen LogP contribution >= 0.6 is 11.6 Å². The summed E-state index contributed by atoms with van der Waals surface area (Å²) in [4.78, 5) is 6.84. The molecule has 0 radical (unpaired) electrons. The van der Waals surface area contributed by atoms with E-state index in [1.807, 2.05) is 0 Å². The van der Waals surface area contributed by atoms with Crippen molar-refractivity contribution < 1.29 is 13.5 Å². The number of H-pyrrole nitrogens is 1. The number of aliphatic hydroxyl groups is 1. The van der Waals surface area contributed by atoms with E-state index in [0.29, 0.717) is 21.6 Å². The number of aromatic amines is 1. The van der Waals surface area contributed by atoms with Crippen molar-refractivity contribution in [2.75, 3.05) is 5.75 Å². The molecule has 1 aromatic heterocycles. The highest BCUT2D eigenvalue weighted by Gasteiger charge is 2.24. The van der Waals surface area contributed by atoms with Crippen molar-refractivity contribution >= 4 is 32.5 Å². The highest BCUT2D eigenvalue weighted by atomic mass is 35.5. The van der Waals surface area contributed by atoms with Crippen molar-refractivity contribution in [2.24, 2.45) is 0 Å². The Kier molecular flexibility index (Phi) is 3.90. The summed E-state index contributed by atoms with van der Waals surface area (Å²) < 4.78 is 24.7. The zero-order valence-corrected chi connectivity index (χ0v) is 13.0. The molecule has 5 nitrogen and oxygen atoms in total. The molecule has 22 heavy (non-hydrogen) atoms. The first-order valence-electron chi connectivity index (χ1n) is 6.57. The molecule has 3 rings (SSSR count). The van der Waals surface area contributed by atoms with E-state index in [-0.39, 0.29) is 5.16 Å². The molecule has 0 aliphatic carbocycles. The molecule has 1 unspecified atom stereocenters. The van der Waals surface area contributed by atoms with E-state index in [4.69, 9.17) is 11.6 Å². The zero-order valence-electron chi connectivity index (χ0n) is 11.4. The van der Waals surface area contributed by atoms with Crippen molar-refractivity contribution in [2.45, 2.75) is 11.3 Å². The summed E-state index contributed by atoms with van der Waals surface area (Å²) in [6.07, 6.45) is -1.14. The van der Waals surface area contributed by atoms with Gasteiger partial charge in [-0.25, -0.2) is 13.4 Å². The Morgan fingerprint density at radius 1 is 1.14 bits per heavy atom. The van der Waals surface area contributed by atoms with Gasteiger partial charge in [0, 0.05) is 5.02 Å². The molecule has 1 heterocycles. The van der Waals surface area contributed by atoms with E-state index in [2.05, 4.69) is 9.97 Å². The molecule has 0 saturated carbocycles. The second-order valence-corrected chi connectivity index (χ2v) is 7.29. The minimum absolute atomic E-state index is 0.137. The Balaban J connectivity index is 1.87. The average Bonchev–Trinajstić information content (AvgIpc) is 2.92. The number of aromatic nitrogens is 2. The fraction of sp³-hybridized carbons (Fsp3) is 0.133. The standard InChI is InChI=1S/C15H13ClN2O3S/c16-11-7-5-10(6-8-11)14(19)9-22(20,21)15-17-12-3-1-2-4-13(12)18-15/h1-8,14,19H,9H2,(H,17,18). The summed E-state index contributed by atoms with van der Waals surface area (Å²) >= 11 is 5.78. The lowest BCUT2D eigenvalue weighted by Crippen LogP contribution is -2.16. The Bertz CT molecular complexity index is 871. The molecule has 2 N–H and O–H groups in total. The van der Waals surface area contributed by atoms with Gasteiger partial charge in [-0.1, -0.05) is 35.9 Å². The number of hydrogen-bond acceptors (Lipinski definition) is 4. The van der Waals surface area contributed by atoms with Gasteiger partial charge >= 0.3 is 0 Å². The predicted octanol–water partition coefficient (Wildman–Crippen LogP) is 2.72. The normalized spacial score (nSPS) is 13.4. The monoisotopic (exact) mass is 336 g/mol. The molecule has 2 aromatic carbocycles. The van der Waals surface area contributed by atoms with Crippen LogP contribution in [0.15, 0.2) is 53.7 Å². The molecule has 0 spiro atoms. The lowest BCUT2D eigenvalue weighted by Gasteiger charge is -2.10. The Morgan fingerprint density at radius 3 is 2.50 bits per heavy atom. The number of fused-ring (bicyclic) bond motifs is 1. The maximum absolute atomic E-state index is 12.4. The van der Waals surface area contributed by atoms with Gasteiger partial charge in [0.05, 0.1) is 22.9 Å². The van der Waals surface area contributed by atoms with Crippen LogP contribution in [0.3, 0.4) is 0 Å². The summed E-state index contributed by atoms with van der Waals surface area (Å²) in [5, 5.41) is 10.5. The topological polar surface area (TPSA) is 83.1 Å². The number of para-hydroxylation sites is 2. The number of hydrogen-bond donors (Lipinski definition) is 2. The zero-order chi connectivity index (χ0) is 15.7. The van der Waals surface area contributed by atoms with E-state index in [1.165, 1.54) is 0 Å². The summed E-state index contributed by atoms with van der Waals surface area (Å²) in [6.45, 7) is 0. The van der Waals surface area contributed by atoms with Gasteiger partial charge in [-0.3, -0.25) is 0 Å². The third kappa shape index (κ3) is 2.99. The van der Waals surface area contributed by atoms with Gasteiger partial charge in [0.2, 0.25) is 15.0 Å². The van der Waals surface area contributed by atoms with Gasteiger partial charge in [-0.2, -0.15) is 0 Å². The third-order valence-corrected chi connectivity index (χ3v) is 5.08. The summed E-state index contributed by atoms with van der Waals surface area (Å²) in [5.74, 6) is -0.450. The highest BCUT2D eigenvalue weighted by molar-refractivity contribution is 7.91. The molecule has 1 atom stereocenters. The van der Waals surface area contributed by atoms with Gasteiger partial charge in [0.15, 0.2) is 0 Å². The molecule has 3 aromatic rings. The summed E-state index contributed by atoms with van der Waals surface area (Å²) in [7, 11) is -3.73. The predicted molar refractivity (Wildman–Crippen MR) is 84.6 cm³/mol. The lowest BCUT2D eigenvalue weighted by molar-refractivity contribution is 0.201. The van der Waals surface area contributed by atoms with Gasteiger partial charge in [0.1, 0.15) is 0 Å². The van der Waals surface area contributed by atoms with Crippen LogP contribution in [-0.2, 0) is 9.84 Å². The van der Waals surface area contributed by atoms with Crippen LogP contribution in [0, 0.1) is 0 Å². The van der Waals surface area contributed by atoms with Crippen LogP contribution in [0.2, 0.25) is 5.02 Å². The number of nitrogens with zero attached hydrogens (tertiary/aromatic N) is 1. The molecule has 0 fully saturated rings. The highest BCUT2D eigenvalue weighted by Crippen LogP contribution is 2.21. The van der Waals surface area contributed by atoms with E-state index in [0.717, 1.165) is 0 Å². The number of aliphatic hydroxyl groups excluding tert-OH is 1. The number of nitrogens with one attached hydrogen (secondary N) is 1. The smallest absolute Gasteiger partial charge is 0.226 e. The molecule has 114 valence electrons. The molecular weight excluding hydrogens is 324 g/mol. The summed E-state index contributed by atoms with van der Waals surface area (Å²) in [6, 6.07) is 13.4.